The van der Waals surface area contributed by atoms with Crippen LogP contribution in [0.3, 0.4) is 0 Å². The van der Waals surface area contributed by atoms with Gasteiger partial charge in [0.2, 0.25) is 0 Å². The van der Waals surface area contributed by atoms with Gasteiger partial charge in [-0.2, -0.15) is 0 Å². The molecule has 2 aromatic carbocycles. The number of piperidine rings is 1. The molecule has 0 bridgehead atoms. The molecule has 0 spiro atoms. The van der Waals surface area contributed by atoms with Crippen molar-refractivity contribution < 1.29 is 0 Å². The number of hydrogen-bond acceptors (Lipinski definition) is 2. The minimum atomic E-state index is 0.532. The topological polar surface area (TPSA) is 29.9 Å². The molecule has 3 aromatic rings. The summed E-state index contributed by atoms with van der Waals surface area (Å²) in [6.45, 7) is 4.30. The molecule has 1 saturated heterocycles. The number of imidazole rings is 1. The van der Waals surface area contributed by atoms with Crippen LogP contribution in [0.2, 0.25) is 0 Å². The van der Waals surface area contributed by atoms with Crippen LogP contribution in [-0.4, -0.2) is 22.6 Å². The van der Waals surface area contributed by atoms with Gasteiger partial charge < -0.3 is 9.88 Å². The molecule has 0 amide bonds. The van der Waals surface area contributed by atoms with Crippen molar-refractivity contribution in [1.82, 2.24) is 14.9 Å². The molecule has 1 aliphatic rings. The van der Waals surface area contributed by atoms with Crippen LogP contribution in [0.4, 0.5) is 0 Å². The maximum atomic E-state index is 4.93. The monoisotopic (exact) mass is 291 g/mol. The number of para-hydroxylation sites is 2. The van der Waals surface area contributed by atoms with Crippen LogP contribution in [0, 0.1) is 6.92 Å². The van der Waals surface area contributed by atoms with Crippen molar-refractivity contribution in [2.24, 2.45) is 0 Å². The molecule has 3 nitrogen and oxygen atoms in total. The fourth-order valence-electron chi connectivity index (χ4n) is 3.39. The minimum Gasteiger partial charge on any atom is -0.321 e. The van der Waals surface area contributed by atoms with Crippen molar-refractivity contribution in [2.45, 2.75) is 25.8 Å². The Morgan fingerprint density at radius 1 is 1.00 bits per heavy atom. The first-order valence-electron chi connectivity index (χ1n) is 8.07. The van der Waals surface area contributed by atoms with Gasteiger partial charge in [-0.15, -0.1) is 0 Å². The van der Waals surface area contributed by atoms with Gasteiger partial charge in [-0.3, -0.25) is 0 Å². The van der Waals surface area contributed by atoms with Gasteiger partial charge in [0, 0.05) is 11.6 Å². The normalized spacial score (nSPS) is 16.2. The summed E-state index contributed by atoms with van der Waals surface area (Å²) in [5.74, 6) is 1.10. The van der Waals surface area contributed by atoms with E-state index in [1.807, 2.05) is 0 Å². The Morgan fingerprint density at radius 2 is 1.73 bits per heavy atom. The van der Waals surface area contributed by atoms with E-state index in [0.29, 0.717) is 6.04 Å². The molecule has 3 heteroatoms. The zero-order valence-electron chi connectivity index (χ0n) is 12.9. The van der Waals surface area contributed by atoms with Gasteiger partial charge in [0.25, 0.3) is 0 Å². The molecular weight excluding hydrogens is 270 g/mol. The first-order chi connectivity index (χ1) is 10.8. The number of aromatic nitrogens is 2. The Bertz CT molecular complexity index is 780. The van der Waals surface area contributed by atoms with Gasteiger partial charge in [-0.25, -0.2) is 4.98 Å². The number of nitrogens with one attached hydrogen (secondary N) is 1. The van der Waals surface area contributed by atoms with E-state index in [0.717, 1.165) is 24.4 Å². The van der Waals surface area contributed by atoms with E-state index >= 15 is 0 Å². The highest BCUT2D eigenvalue weighted by Gasteiger charge is 2.21. The van der Waals surface area contributed by atoms with E-state index in [2.05, 4.69) is 65.3 Å². The number of aryl methyl sites for hydroxylation is 1. The highest BCUT2D eigenvalue weighted by atomic mass is 15.1. The van der Waals surface area contributed by atoms with Crippen LogP contribution < -0.4 is 5.32 Å². The predicted octanol–water partition coefficient (Wildman–Crippen LogP) is 3.94. The zero-order valence-corrected chi connectivity index (χ0v) is 12.9. The maximum Gasteiger partial charge on any atom is 0.141 e. The lowest BCUT2D eigenvalue weighted by molar-refractivity contribution is 0.377. The molecule has 0 aliphatic carbocycles. The third kappa shape index (κ3) is 2.32. The van der Waals surface area contributed by atoms with Gasteiger partial charge in [-0.05, 0) is 45.0 Å². The largest absolute Gasteiger partial charge is 0.321 e. The molecule has 4 rings (SSSR count). The van der Waals surface area contributed by atoms with Crippen LogP contribution in [0.5, 0.6) is 0 Å². The van der Waals surface area contributed by atoms with Crippen LogP contribution in [0.15, 0.2) is 48.5 Å². The molecule has 1 aromatic heterocycles. The number of benzene rings is 2. The summed E-state index contributed by atoms with van der Waals surface area (Å²) in [6.07, 6.45) is 2.33. The van der Waals surface area contributed by atoms with Gasteiger partial charge in [-0.1, -0.05) is 42.0 Å². The van der Waals surface area contributed by atoms with E-state index in [1.54, 1.807) is 0 Å². The van der Waals surface area contributed by atoms with E-state index in [1.165, 1.54) is 29.5 Å². The highest BCUT2D eigenvalue weighted by Crippen LogP contribution is 2.32. The Balaban J connectivity index is 1.90. The number of nitrogens with zero attached hydrogens (tertiary/aromatic N) is 2. The van der Waals surface area contributed by atoms with Crippen molar-refractivity contribution in [3.05, 3.63) is 54.1 Å². The molecule has 0 saturated carbocycles. The zero-order chi connectivity index (χ0) is 14.9. The lowest BCUT2D eigenvalue weighted by atomic mass is 10.1. The summed E-state index contributed by atoms with van der Waals surface area (Å²) in [4.78, 5) is 4.93. The van der Waals surface area contributed by atoms with Crippen LogP contribution in [0.25, 0.3) is 22.4 Å². The van der Waals surface area contributed by atoms with Gasteiger partial charge in [0.1, 0.15) is 5.82 Å². The first-order valence-corrected chi connectivity index (χ1v) is 8.07. The maximum absolute atomic E-state index is 4.93. The SMILES string of the molecule is Cc1ccc(-c2nc3ccccc3n2C2CCNCC2)cc1. The fourth-order valence-corrected chi connectivity index (χ4v) is 3.39. The summed E-state index contributed by atoms with van der Waals surface area (Å²) in [7, 11) is 0. The minimum absolute atomic E-state index is 0.532. The van der Waals surface area contributed by atoms with Crippen LogP contribution in [0.1, 0.15) is 24.4 Å². The Labute approximate surface area is 131 Å². The second-order valence-electron chi connectivity index (χ2n) is 6.14. The summed E-state index contributed by atoms with van der Waals surface area (Å²) in [5.41, 5.74) is 4.84. The molecule has 2 heterocycles. The molecule has 0 atom stereocenters. The quantitative estimate of drug-likeness (QED) is 0.775. The molecule has 1 N–H and O–H groups in total. The second-order valence-corrected chi connectivity index (χ2v) is 6.14. The number of fused-ring (bicyclic) bond motifs is 1. The number of hydrogen-bond donors (Lipinski definition) is 1. The van der Waals surface area contributed by atoms with Crippen molar-refractivity contribution >= 4 is 11.0 Å². The third-order valence-electron chi connectivity index (χ3n) is 4.58. The van der Waals surface area contributed by atoms with E-state index in [9.17, 15) is 0 Å². The smallest absolute Gasteiger partial charge is 0.141 e. The third-order valence-corrected chi connectivity index (χ3v) is 4.58. The summed E-state index contributed by atoms with van der Waals surface area (Å²) in [6, 6.07) is 17.7. The number of rotatable bonds is 2. The molecule has 0 radical (unpaired) electrons. The average Bonchev–Trinajstić information content (AvgIpc) is 2.96. The second kappa shape index (κ2) is 5.58. The lowest BCUT2D eigenvalue weighted by Crippen LogP contribution is -2.29. The van der Waals surface area contributed by atoms with Crippen molar-refractivity contribution in [3.63, 3.8) is 0 Å². The first kappa shape index (κ1) is 13.5. The standard InChI is InChI=1S/C19H21N3/c1-14-6-8-15(9-7-14)19-21-17-4-2-3-5-18(17)22(19)16-10-12-20-13-11-16/h2-9,16,20H,10-13H2,1H3. The van der Waals surface area contributed by atoms with Crippen molar-refractivity contribution in [3.8, 4) is 11.4 Å². The highest BCUT2D eigenvalue weighted by molar-refractivity contribution is 5.80. The molecular formula is C19H21N3. The van der Waals surface area contributed by atoms with Crippen molar-refractivity contribution in [2.75, 3.05) is 13.1 Å². The lowest BCUT2D eigenvalue weighted by Gasteiger charge is -2.26. The Morgan fingerprint density at radius 3 is 2.50 bits per heavy atom. The molecule has 1 aliphatic heterocycles. The van der Waals surface area contributed by atoms with Gasteiger partial charge in [0.05, 0.1) is 11.0 Å². The van der Waals surface area contributed by atoms with Crippen LogP contribution >= 0.6 is 0 Å². The van der Waals surface area contributed by atoms with E-state index < -0.39 is 0 Å². The summed E-state index contributed by atoms with van der Waals surface area (Å²) in [5, 5.41) is 3.46. The molecule has 22 heavy (non-hydrogen) atoms. The average molecular weight is 291 g/mol. The Hall–Kier alpha value is -2.13. The van der Waals surface area contributed by atoms with Gasteiger partial charge >= 0.3 is 0 Å². The van der Waals surface area contributed by atoms with Gasteiger partial charge in [0.15, 0.2) is 0 Å². The van der Waals surface area contributed by atoms with Crippen molar-refractivity contribution in [1.29, 1.82) is 0 Å². The summed E-state index contributed by atoms with van der Waals surface area (Å²) < 4.78 is 2.46. The molecule has 1 fully saturated rings. The fraction of sp³-hybridized carbons (Fsp3) is 0.316. The molecule has 112 valence electrons. The van der Waals surface area contributed by atoms with E-state index in [-0.39, 0.29) is 0 Å². The predicted molar refractivity (Wildman–Crippen MR) is 91.0 cm³/mol. The van der Waals surface area contributed by atoms with E-state index in [4.69, 9.17) is 4.98 Å². The molecule has 0 unspecified atom stereocenters. The Kier molecular flexibility index (Phi) is 3.43. The van der Waals surface area contributed by atoms with Crippen LogP contribution in [-0.2, 0) is 0 Å². The summed E-state index contributed by atoms with van der Waals surface area (Å²) >= 11 is 0.